The first-order valence-corrected chi connectivity index (χ1v) is 10.9. The summed E-state index contributed by atoms with van der Waals surface area (Å²) in [6.07, 6.45) is 4.16. The van der Waals surface area contributed by atoms with Gasteiger partial charge < -0.3 is 24.8 Å². The van der Waals surface area contributed by atoms with Crippen molar-refractivity contribution in [3.8, 4) is 5.75 Å². The van der Waals surface area contributed by atoms with Gasteiger partial charge >= 0.3 is 11.9 Å². The van der Waals surface area contributed by atoms with E-state index in [4.69, 9.17) is 4.74 Å². The number of benzene rings is 1. The molecular formula is C24H31N3O6. The Morgan fingerprint density at radius 1 is 1.21 bits per heavy atom. The number of nitrogens with zero attached hydrogens (tertiary/aromatic N) is 2. The molecule has 1 fully saturated rings. The second-order valence-corrected chi connectivity index (χ2v) is 9.44. The van der Waals surface area contributed by atoms with E-state index in [0.717, 1.165) is 11.3 Å². The SMILES string of the molecule is COc1ccc(Cn2cnc(C[C@H](NC(=O)[C@H]3CC[C@@](C)(C(=O)O)C3(C)C)C(=O)O)c2)cc1. The number of rotatable bonds is 9. The minimum Gasteiger partial charge on any atom is -0.497 e. The monoisotopic (exact) mass is 457 g/mol. The Bertz CT molecular complexity index is 1030. The number of hydrogen-bond acceptors (Lipinski definition) is 5. The number of hydrogen-bond donors (Lipinski definition) is 3. The predicted molar refractivity (Wildman–Crippen MR) is 120 cm³/mol. The highest BCUT2D eigenvalue weighted by Crippen LogP contribution is 2.56. The molecule has 0 spiro atoms. The fraction of sp³-hybridized carbons (Fsp3) is 0.500. The van der Waals surface area contributed by atoms with Gasteiger partial charge in [-0.15, -0.1) is 0 Å². The van der Waals surface area contributed by atoms with Crippen molar-refractivity contribution in [2.75, 3.05) is 7.11 Å². The number of imidazole rings is 1. The van der Waals surface area contributed by atoms with Crippen LogP contribution in [0.2, 0.25) is 0 Å². The molecule has 33 heavy (non-hydrogen) atoms. The van der Waals surface area contributed by atoms with Crippen LogP contribution in [0.5, 0.6) is 5.75 Å². The highest BCUT2D eigenvalue weighted by Gasteiger charge is 2.58. The lowest BCUT2D eigenvalue weighted by Crippen LogP contribution is -2.49. The zero-order chi connectivity index (χ0) is 24.4. The molecule has 0 radical (unpaired) electrons. The lowest BCUT2D eigenvalue weighted by atomic mass is 9.65. The Balaban J connectivity index is 1.66. The van der Waals surface area contributed by atoms with E-state index in [-0.39, 0.29) is 6.42 Å². The van der Waals surface area contributed by atoms with Crippen LogP contribution in [0.1, 0.15) is 44.9 Å². The number of carboxylic acid groups (broad SMARTS) is 2. The first-order chi connectivity index (χ1) is 15.5. The fourth-order valence-corrected chi connectivity index (χ4v) is 4.56. The van der Waals surface area contributed by atoms with E-state index in [0.29, 0.717) is 25.1 Å². The minimum absolute atomic E-state index is 0.0278. The Kier molecular flexibility index (Phi) is 6.81. The average molecular weight is 458 g/mol. The maximum Gasteiger partial charge on any atom is 0.326 e. The van der Waals surface area contributed by atoms with Crippen molar-refractivity contribution in [2.24, 2.45) is 16.7 Å². The van der Waals surface area contributed by atoms with Crippen LogP contribution in [-0.2, 0) is 27.3 Å². The van der Waals surface area contributed by atoms with Gasteiger partial charge in [0.15, 0.2) is 0 Å². The molecule has 2 aromatic rings. The van der Waals surface area contributed by atoms with Crippen molar-refractivity contribution in [1.29, 1.82) is 0 Å². The van der Waals surface area contributed by atoms with Gasteiger partial charge in [-0.05, 0) is 42.9 Å². The smallest absolute Gasteiger partial charge is 0.326 e. The van der Waals surface area contributed by atoms with Gasteiger partial charge in [-0.1, -0.05) is 26.0 Å². The number of carbonyl (C=O) groups excluding carboxylic acids is 1. The third-order valence-corrected chi connectivity index (χ3v) is 7.25. The maximum absolute atomic E-state index is 13.0. The van der Waals surface area contributed by atoms with Crippen LogP contribution >= 0.6 is 0 Å². The number of carbonyl (C=O) groups is 3. The Labute approximate surface area is 192 Å². The van der Waals surface area contributed by atoms with Crippen molar-refractivity contribution in [3.05, 3.63) is 48.0 Å². The molecule has 0 saturated heterocycles. The number of methoxy groups -OCH3 is 1. The van der Waals surface area contributed by atoms with Crippen LogP contribution in [0, 0.1) is 16.7 Å². The molecule has 0 unspecified atom stereocenters. The molecule has 0 bridgehead atoms. The van der Waals surface area contributed by atoms with E-state index in [2.05, 4.69) is 10.3 Å². The van der Waals surface area contributed by atoms with Crippen LogP contribution in [-0.4, -0.2) is 50.8 Å². The standard InChI is InChI=1S/C24H31N3O6/c1-23(2)18(9-10-24(23,3)22(31)32)20(28)26-19(21(29)30)11-16-13-27(14-25-16)12-15-5-7-17(33-4)8-6-15/h5-8,13-14,18-19H,9-12H2,1-4H3,(H,26,28)(H,29,30)(H,31,32)/t18-,19+,24+/m1/s1. The Morgan fingerprint density at radius 2 is 1.88 bits per heavy atom. The molecule has 3 atom stereocenters. The average Bonchev–Trinajstić information content (AvgIpc) is 3.29. The van der Waals surface area contributed by atoms with Gasteiger partial charge in [-0.25, -0.2) is 9.78 Å². The van der Waals surface area contributed by atoms with E-state index in [9.17, 15) is 24.6 Å². The summed E-state index contributed by atoms with van der Waals surface area (Å²) >= 11 is 0. The Morgan fingerprint density at radius 3 is 2.42 bits per heavy atom. The van der Waals surface area contributed by atoms with E-state index in [1.54, 1.807) is 40.4 Å². The molecule has 0 aliphatic heterocycles. The van der Waals surface area contributed by atoms with Crippen molar-refractivity contribution in [1.82, 2.24) is 14.9 Å². The quantitative estimate of drug-likeness (QED) is 0.527. The fourth-order valence-electron chi connectivity index (χ4n) is 4.56. The summed E-state index contributed by atoms with van der Waals surface area (Å²) in [5.41, 5.74) is -0.287. The summed E-state index contributed by atoms with van der Waals surface area (Å²) in [5, 5.41) is 22.0. The van der Waals surface area contributed by atoms with Crippen LogP contribution in [0.3, 0.4) is 0 Å². The van der Waals surface area contributed by atoms with Gasteiger partial charge in [0.2, 0.25) is 5.91 Å². The zero-order valence-corrected chi connectivity index (χ0v) is 19.4. The van der Waals surface area contributed by atoms with Gasteiger partial charge in [-0.3, -0.25) is 9.59 Å². The number of ether oxygens (including phenoxy) is 1. The van der Waals surface area contributed by atoms with Gasteiger partial charge in [0, 0.05) is 25.1 Å². The second kappa shape index (κ2) is 9.25. The van der Waals surface area contributed by atoms with Gasteiger partial charge in [0.25, 0.3) is 0 Å². The van der Waals surface area contributed by atoms with Gasteiger partial charge in [0.05, 0.1) is 24.5 Å². The summed E-state index contributed by atoms with van der Waals surface area (Å²) in [6, 6.07) is 6.45. The molecule has 1 aromatic carbocycles. The van der Waals surface area contributed by atoms with Crippen molar-refractivity contribution in [3.63, 3.8) is 0 Å². The molecule has 1 aromatic heterocycles. The van der Waals surface area contributed by atoms with E-state index in [1.807, 2.05) is 28.8 Å². The number of carboxylic acids is 2. The second-order valence-electron chi connectivity index (χ2n) is 9.44. The van der Waals surface area contributed by atoms with E-state index >= 15 is 0 Å². The van der Waals surface area contributed by atoms with Gasteiger partial charge in [0.1, 0.15) is 11.8 Å². The largest absolute Gasteiger partial charge is 0.497 e. The molecule has 178 valence electrons. The minimum atomic E-state index is -1.16. The first kappa shape index (κ1) is 24.3. The summed E-state index contributed by atoms with van der Waals surface area (Å²) in [5.74, 6) is -2.37. The summed E-state index contributed by atoms with van der Waals surface area (Å²) < 4.78 is 7.00. The van der Waals surface area contributed by atoms with Crippen LogP contribution in [0.15, 0.2) is 36.8 Å². The molecule has 9 heteroatoms. The lowest BCUT2D eigenvalue weighted by Gasteiger charge is -2.38. The maximum atomic E-state index is 13.0. The molecule has 3 rings (SSSR count). The highest BCUT2D eigenvalue weighted by atomic mass is 16.5. The lowest BCUT2D eigenvalue weighted by molar-refractivity contribution is -0.155. The Hall–Kier alpha value is -3.36. The van der Waals surface area contributed by atoms with Crippen LogP contribution < -0.4 is 10.1 Å². The number of nitrogens with one attached hydrogen (secondary N) is 1. The predicted octanol–water partition coefficient (Wildman–Crippen LogP) is 2.58. The third kappa shape index (κ3) is 4.86. The molecule has 1 saturated carbocycles. The van der Waals surface area contributed by atoms with Crippen LogP contribution in [0.4, 0.5) is 0 Å². The topological polar surface area (TPSA) is 131 Å². The molecule has 1 aliphatic rings. The summed E-state index contributed by atoms with van der Waals surface area (Å²) in [7, 11) is 1.60. The van der Waals surface area contributed by atoms with E-state index < -0.39 is 40.6 Å². The molecule has 1 heterocycles. The molecule has 1 amide bonds. The summed E-state index contributed by atoms with van der Waals surface area (Å²) in [6.45, 7) is 5.72. The van der Waals surface area contributed by atoms with Crippen molar-refractivity contribution < 1.29 is 29.3 Å². The van der Waals surface area contributed by atoms with Crippen molar-refractivity contribution in [2.45, 2.75) is 52.6 Å². The number of amides is 1. The molecule has 1 aliphatic carbocycles. The summed E-state index contributed by atoms with van der Waals surface area (Å²) in [4.78, 5) is 40.9. The molecule has 9 nitrogen and oxygen atoms in total. The molecule has 3 N–H and O–H groups in total. The highest BCUT2D eigenvalue weighted by molar-refractivity contribution is 5.87. The third-order valence-electron chi connectivity index (χ3n) is 7.25. The zero-order valence-electron chi connectivity index (χ0n) is 19.4. The molecular weight excluding hydrogens is 426 g/mol. The van der Waals surface area contributed by atoms with Gasteiger partial charge in [-0.2, -0.15) is 0 Å². The number of aromatic nitrogens is 2. The van der Waals surface area contributed by atoms with E-state index in [1.165, 1.54) is 0 Å². The van der Waals surface area contributed by atoms with Crippen molar-refractivity contribution >= 4 is 17.8 Å². The number of aliphatic carboxylic acids is 2. The van der Waals surface area contributed by atoms with Crippen LogP contribution in [0.25, 0.3) is 0 Å². The normalized spacial score (nSPS) is 22.5. The first-order valence-electron chi connectivity index (χ1n) is 10.9.